The lowest BCUT2D eigenvalue weighted by atomic mass is 10.2. The highest BCUT2D eigenvalue weighted by molar-refractivity contribution is 7.98. The van der Waals surface area contributed by atoms with Crippen LogP contribution < -0.4 is 5.56 Å². The minimum atomic E-state index is -4.40. The van der Waals surface area contributed by atoms with Crippen LogP contribution in [0.15, 0.2) is 58.6 Å². The minimum Gasteiger partial charge on any atom is -0.319 e. The molecule has 5 nitrogen and oxygen atoms in total. The van der Waals surface area contributed by atoms with Crippen LogP contribution >= 0.6 is 11.8 Å². The Morgan fingerprint density at radius 1 is 1.10 bits per heavy atom. The maximum atomic E-state index is 13.1. The van der Waals surface area contributed by atoms with Crippen LogP contribution in [0.2, 0.25) is 0 Å². The van der Waals surface area contributed by atoms with Crippen LogP contribution in [0.5, 0.6) is 0 Å². The average molecular weight is 418 g/mol. The zero-order valence-corrected chi connectivity index (χ0v) is 16.3. The highest BCUT2D eigenvalue weighted by Gasteiger charge is 2.31. The van der Waals surface area contributed by atoms with Crippen molar-refractivity contribution in [1.82, 2.24) is 18.9 Å². The summed E-state index contributed by atoms with van der Waals surface area (Å²) < 4.78 is 42.6. The van der Waals surface area contributed by atoms with Gasteiger partial charge < -0.3 is 4.57 Å². The Balaban J connectivity index is 1.69. The fraction of sp³-hybridized carbons (Fsp3) is 0.250. The standard InChI is InChI=1S/C20H17F3N4OS/c1-2-8-26-16-10-13(20(21,22)23)6-7-15(16)25-19(26)29-12-14-11-18(28)27-9-4-3-5-17(27)24-14/h3-7,9-11H,2,8,12H2,1H3. The van der Waals surface area contributed by atoms with Crippen molar-refractivity contribution >= 4 is 28.4 Å². The molecule has 1 aromatic carbocycles. The molecule has 9 heteroatoms. The number of hydrogen-bond acceptors (Lipinski definition) is 4. The van der Waals surface area contributed by atoms with Gasteiger partial charge in [0.1, 0.15) is 5.65 Å². The van der Waals surface area contributed by atoms with Crippen LogP contribution in [0, 0.1) is 0 Å². The van der Waals surface area contributed by atoms with Crippen molar-refractivity contribution in [3.63, 3.8) is 0 Å². The van der Waals surface area contributed by atoms with E-state index < -0.39 is 11.7 Å². The first-order valence-corrected chi connectivity index (χ1v) is 10.0. The summed E-state index contributed by atoms with van der Waals surface area (Å²) in [6, 6.07) is 10.4. The van der Waals surface area contributed by atoms with E-state index in [0.29, 0.717) is 39.8 Å². The van der Waals surface area contributed by atoms with Crippen LogP contribution in [-0.4, -0.2) is 18.9 Å². The van der Waals surface area contributed by atoms with Crippen molar-refractivity contribution < 1.29 is 13.2 Å². The van der Waals surface area contributed by atoms with E-state index in [2.05, 4.69) is 9.97 Å². The molecule has 3 aromatic heterocycles. The first kappa shape index (κ1) is 19.5. The first-order valence-electron chi connectivity index (χ1n) is 9.04. The third-order valence-electron chi connectivity index (χ3n) is 4.46. The molecule has 0 radical (unpaired) electrons. The van der Waals surface area contributed by atoms with Gasteiger partial charge in [0.25, 0.3) is 5.56 Å². The largest absolute Gasteiger partial charge is 0.416 e. The molecule has 0 saturated heterocycles. The van der Waals surface area contributed by atoms with Crippen molar-refractivity contribution in [2.75, 3.05) is 0 Å². The van der Waals surface area contributed by atoms with Gasteiger partial charge in [0.05, 0.1) is 22.3 Å². The molecule has 3 heterocycles. The second-order valence-electron chi connectivity index (χ2n) is 6.55. The summed E-state index contributed by atoms with van der Waals surface area (Å²) in [5.41, 5.74) is 1.24. The smallest absolute Gasteiger partial charge is 0.319 e. The number of imidazole rings is 1. The molecule has 0 saturated carbocycles. The number of fused-ring (bicyclic) bond motifs is 2. The number of nitrogens with zero attached hydrogens (tertiary/aromatic N) is 4. The van der Waals surface area contributed by atoms with E-state index in [1.54, 1.807) is 29.0 Å². The highest BCUT2D eigenvalue weighted by Crippen LogP contribution is 2.33. The molecule has 0 aliphatic carbocycles. The van der Waals surface area contributed by atoms with E-state index in [9.17, 15) is 18.0 Å². The molecule has 0 aliphatic heterocycles. The van der Waals surface area contributed by atoms with Gasteiger partial charge >= 0.3 is 6.18 Å². The molecule has 0 aliphatic rings. The lowest BCUT2D eigenvalue weighted by Crippen LogP contribution is -2.14. The SMILES string of the molecule is CCCn1c(SCc2cc(=O)n3ccccc3n2)nc2ccc(C(F)(F)F)cc21. The fourth-order valence-electron chi connectivity index (χ4n) is 3.14. The topological polar surface area (TPSA) is 52.2 Å². The third-order valence-corrected chi connectivity index (χ3v) is 5.47. The maximum Gasteiger partial charge on any atom is 0.416 e. The second-order valence-corrected chi connectivity index (χ2v) is 7.49. The molecule has 0 atom stereocenters. The van der Waals surface area contributed by atoms with Gasteiger partial charge in [-0.15, -0.1) is 0 Å². The molecular weight excluding hydrogens is 401 g/mol. The molecule has 4 aromatic rings. The number of aromatic nitrogens is 4. The van der Waals surface area contributed by atoms with Crippen LogP contribution in [0.4, 0.5) is 13.2 Å². The molecule has 0 N–H and O–H groups in total. The number of halogens is 3. The van der Waals surface area contributed by atoms with Crippen molar-refractivity contribution in [3.05, 3.63) is 70.3 Å². The average Bonchev–Trinajstić information content (AvgIpc) is 3.03. The van der Waals surface area contributed by atoms with Crippen molar-refractivity contribution in [3.8, 4) is 0 Å². The van der Waals surface area contributed by atoms with Crippen molar-refractivity contribution in [2.24, 2.45) is 0 Å². The van der Waals surface area contributed by atoms with E-state index in [0.717, 1.165) is 18.6 Å². The van der Waals surface area contributed by atoms with Gasteiger partial charge in [-0.2, -0.15) is 13.2 Å². The molecule has 0 fully saturated rings. The summed E-state index contributed by atoms with van der Waals surface area (Å²) in [4.78, 5) is 21.2. The Kier molecular flexibility index (Phi) is 5.08. The van der Waals surface area contributed by atoms with Crippen LogP contribution in [-0.2, 0) is 18.5 Å². The number of hydrogen-bond donors (Lipinski definition) is 0. The molecule has 0 amide bonds. The molecule has 150 valence electrons. The third kappa shape index (κ3) is 3.87. The number of aryl methyl sites for hydroxylation is 1. The fourth-order valence-corrected chi connectivity index (χ4v) is 4.08. The summed E-state index contributed by atoms with van der Waals surface area (Å²) in [5.74, 6) is 0.389. The molecular formula is C20H17F3N4OS. The van der Waals surface area contributed by atoms with E-state index in [1.807, 2.05) is 6.92 Å². The Labute approximate surface area is 168 Å². The van der Waals surface area contributed by atoms with E-state index in [-0.39, 0.29) is 5.56 Å². The normalized spacial score (nSPS) is 12.1. The molecule has 4 rings (SSSR count). The van der Waals surface area contributed by atoms with E-state index in [1.165, 1.54) is 28.3 Å². The Morgan fingerprint density at radius 3 is 2.69 bits per heavy atom. The zero-order valence-electron chi connectivity index (χ0n) is 15.5. The quantitative estimate of drug-likeness (QED) is 0.439. The van der Waals surface area contributed by atoms with Gasteiger partial charge in [-0.25, -0.2) is 9.97 Å². The number of pyridine rings is 1. The predicted octanol–water partition coefficient (Wildman–Crippen LogP) is 4.77. The van der Waals surface area contributed by atoms with Crippen molar-refractivity contribution in [2.45, 2.75) is 37.0 Å². The van der Waals surface area contributed by atoms with E-state index >= 15 is 0 Å². The number of benzene rings is 1. The zero-order chi connectivity index (χ0) is 20.6. The Morgan fingerprint density at radius 2 is 1.93 bits per heavy atom. The highest BCUT2D eigenvalue weighted by atomic mass is 32.2. The van der Waals surface area contributed by atoms with Crippen LogP contribution in [0.3, 0.4) is 0 Å². The molecule has 29 heavy (non-hydrogen) atoms. The minimum absolute atomic E-state index is 0.178. The van der Waals surface area contributed by atoms with E-state index in [4.69, 9.17) is 0 Å². The predicted molar refractivity (Wildman–Crippen MR) is 106 cm³/mol. The van der Waals surface area contributed by atoms with Gasteiger partial charge in [-0.1, -0.05) is 24.8 Å². The summed E-state index contributed by atoms with van der Waals surface area (Å²) >= 11 is 1.36. The number of rotatable bonds is 5. The monoisotopic (exact) mass is 418 g/mol. The van der Waals surface area contributed by atoms with Gasteiger partial charge in [-0.3, -0.25) is 9.20 Å². The van der Waals surface area contributed by atoms with Gasteiger partial charge in [-0.05, 0) is 36.8 Å². The van der Waals surface area contributed by atoms with Crippen molar-refractivity contribution in [1.29, 1.82) is 0 Å². The molecule has 0 unspecified atom stereocenters. The summed E-state index contributed by atoms with van der Waals surface area (Å²) in [6.45, 7) is 2.51. The lowest BCUT2D eigenvalue weighted by molar-refractivity contribution is -0.137. The lowest BCUT2D eigenvalue weighted by Gasteiger charge is -2.09. The molecule has 0 bridgehead atoms. The maximum absolute atomic E-state index is 13.1. The van der Waals surface area contributed by atoms with Crippen LogP contribution in [0.1, 0.15) is 24.6 Å². The molecule has 0 spiro atoms. The first-order chi connectivity index (χ1) is 13.9. The second kappa shape index (κ2) is 7.55. The number of thioether (sulfide) groups is 1. The van der Waals surface area contributed by atoms with Gasteiger partial charge in [0, 0.05) is 24.6 Å². The number of alkyl halides is 3. The summed E-state index contributed by atoms with van der Waals surface area (Å²) in [5, 5.41) is 0.608. The Hall–Kier alpha value is -2.81. The van der Waals surface area contributed by atoms with Crippen LogP contribution in [0.25, 0.3) is 16.7 Å². The van der Waals surface area contributed by atoms with Gasteiger partial charge in [0.2, 0.25) is 0 Å². The summed E-state index contributed by atoms with van der Waals surface area (Å²) in [7, 11) is 0. The van der Waals surface area contributed by atoms with Gasteiger partial charge in [0.15, 0.2) is 5.16 Å². The summed E-state index contributed by atoms with van der Waals surface area (Å²) in [6.07, 6.45) is -1.99. The Bertz CT molecular complexity index is 1250.